The number of imidazole rings is 1. The van der Waals surface area contributed by atoms with E-state index in [1.54, 1.807) is 18.2 Å². The summed E-state index contributed by atoms with van der Waals surface area (Å²) >= 11 is 6.35. The molecule has 3 N–H and O–H groups in total. The van der Waals surface area contributed by atoms with Gasteiger partial charge >= 0.3 is 5.69 Å². The first-order valence-corrected chi connectivity index (χ1v) is 11.0. The first-order chi connectivity index (χ1) is 14.9. The van der Waals surface area contributed by atoms with E-state index in [9.17, 15) is 19.2 Å². The molecule has 31 heavy (non-hydrogen) atoms. The average Bonchev–Trinajstić information content (AvgIpc) is 3.51. The van der Waals surface area contributed by atoms with Gasteiger partial charge in [-0.15, -0.1) is 11.6 Å². The first-order valence-electron chi connectivity index (χ1n) is 10.5. The van der Waals surface area contributed by atoms with Gasteiger partial charge in [0.2, 0.25) is 5.91 Å². The number of hydrogen-bond acceptors (Lipinski definition) is 5. The highest BCUT2D eigenvalue weighted by Gasteiger charge is 2.53. The van der Waals surface area contributed by atoms with Gasteiger partial charge in [0.1, 0.15) is 24.8 Å². The van der Waals surface area contributed by atoms with E-state index in [1.165, 1.54) is 4.90 Å². The number of amides is 2. The number of ether oxygens (including phenoxy) is 1. The SMILES string of the molecule is O=C(N[C@H](C(=O)N1C[C@H](Cl)[C@H]2OCC(=O)[C@H]21)C1CCCC1)c1ccc2[nH]c(=O)[nH]c2c1. The Hall–Kier alpha value is -2.65. The van der Waals surface area contributed by atoms with Gasteiger partial charge in [-0.1, -0.05) is 12.8 Å². The molecular formula is C21H23ClN4O5. The van der Waals surface area contributed by atoms with Gasteiger partial charge in [-0.05, 0) is 37.0 Å². The smallest absolute Gasteiger partial charge is 0.323 e. The Bertz CT molecular complexity index is 1100. The van der Waals surface area contributed by atoms with E-state index in [1.807, 2.05) is 0 Å². The summed E-state index contributed by atoms with van der Waals surface area (Å²) < 4.78 is 5.49. The summed E-state index contributed by atoms with van der Waals surface area (Å²) in [7, 11) is 0. The van der Waals surface area contributed by atoms with Crippen LogP contribution in [-0.4, -0.2) is 69.2 Å². The maximum atomic E-state index is 13.5. The molecule has 2 aromatic rings. The fourth-order valence-electron chi connectivity index (χ4n) is 5.07. The lowest BCUT2D eigenvalue weighted by molar-refractivity contribution is -0.139. The molecule has 1 aromatic carbocycles. The summed E-state index contributed by atoms with van der Waals surface area (Å²) in [6.45, 7) is 0.175. The number of carbonyl (C=O) groups excluding carboxylic acids is 3. The molecule has 9 nitrogen and oxygen atoms in total. The summed E-state index contributed by atoms with van der Waals surface area (Å²) in [5, 5.41) is 2.45. The van der Waals surface area contributed by atoms with E-state index in [0.29, 0.717) is 16.6 Å². The molecule has 164 valence electrons. The van der Waals surface area contributed by atoms with Crippen molar-refractivity contribution in [3.8, 4) is 0 Å². The van der Waals surface area contributed by atoms with Crippen LogP contribution < -0.4 is 11.0 Å². The van der Waals surface area contributed by atoms with Gasteiger partial charge in [0.15, 0.2) is 5.78 Å². The minimum absolute atomic E-state index is 0.00232. The molecule has 2 amide bonds. The van der Waals surface area contributed by atoms with Crippen molar-refractivity contribution in [2.45, 2.75) is 49.2 Å². The molecule has 0 spiro atoms. The van der Waals surface area contributed by atoms with Crippen LogP contribution in [0.4, 0.5) is 0 Å². The van der Waals surface area contributed by atoms with Gasteiger partial charge in [0, 0.05) is 12.1 Å². The van der Waals surface area contributed by atoms with Gasteiger partial charge in [0.25, 0.3) is 5.91 Å². The van der Waals surface area contributed by atoms with Crippen LogP contribution in [0.25, 0.3) is 11.0 Å². The zero-order chi connectivity index (χ0) is 21.7. The summed E-state index contributed by atoms with van der Waals surface area (Å²) in [4.78, 5) is 57.2. The van der Waals surface area contributed by atoms with E-state index in [2.05, 4.69) is 15.3 Å². The Kier molecular flexibility index (Phi) is 5.10. The molecule has 2 aliphatic heterocycles. The van der Waals surface area contributed by atoms with Crippen molar-refractivity contribution in [1.82, 2.24) is 20.2 Å². The van der Waals surface area contributed by atoms with E-state index >= 15 is 0 Å². The second-order valence-corrected chi connectivity index (χ2v) is 9.09. The number of likely N-dealkylation sites (tertiary alicyclic amines) is 1. The zero-order valence-corrected chi connectivity index (χ0v) is 17.5. The van der Waals surface area contributed by atoms with Crippen LogP contribution in [-0.2, 0) is 14.3 Å². The number of carbonyl (C=O) groups is 3. The van der Waals surface area contributed by atoms with Gasteiger partial charge < -0.3 is 24.9 Å². The number of Topliss-reactive ketones (excluding diaryl/α,β-unsaturated/α-hetero) is 1. The van der Waals surface area contributed by atoms with Crippen LogP contribution in [0.15, 0.2) is 23.0 Å². The monoisotopic (exact) mass is 446 g/mol. The van der Waals surface area contributed by atoms with Crippen LogP contribution in [0.5, 0.6) is 0 Å². The molecule has 0 unspecified atom stereocenters. The third-order valence-corrected chi connectivity index (χ3v) is 6.99. The predicted octanol–water partition coefficient (Wildman–Crippen LogP) is 0.931. The van der Waals surface area contributed by atoms with Crippen molar-refractivity contribution >= 4 is 40.2 Å². The Labute approximate surface area is 182 Å². The zero-order valence-electron chi connectivity index (χ0n) is 16.7. The van der Waals surface area contributed by atoms with Crippen LogP contribution in [0.1, 0.15) is 36.0 Å². The molecular weight excluding hydrogens is 424 g/mol. The average molecular weight is 447 g/mol. The Morgan fingerprint density at radius 3 is 2.68 bits per heavy atom. The largest absolute Gasteiger partial charge is 0.366 e. The number of nitrogens with zero attached hydrogens (tertiary/aromatic N) is 1. The standard InChI is InChI=1S/C21H23ClN4O5/c22-12-8-26(17-15(27)9-31-18(12)17)20(29)16(10-3-1-2-4-10)25-19(28)11-5-6-13-14(7-11)24-21(30)23-13/h5-7,10,12,16-18H,1-4,8-9H2,(H,25,28)(H2,23,24,30)/t12-,16-,17+,18+/m0/s1. The van der Waals surface area contributed by atoms with Crippen LogP contribution in [0.3, 0.4) is 0 Å². The molecule has 1 aromatic heterocycles. The molecule has 3 heterocycles. The van der Waals surface area contributed by atoms with Crippen molar-refractivity contribution in [3.63, 3.8) is 0 Å². The summed E-state index contributed by atoms with van der Waals surface area (Å²) in [5.41, 5.74) is 1.10. The van der Waals surface area contributed by atoms with Crippen LogP contribution in [0, 0.1) is 5.92 Å². The van der Waals surface area contributed by atoms with E-state index in [-0.39, 0.29) is 36.4 Å². The highest BCUT2D eigenvalue weighted by atomic mass is 35.5. The van der Waals surface area contributed by atoms with Gasteiger partial charge in [0.05, 0.1) is 16.4 Å². The topological polar surface area (TPSA) is 124 Å². The molecule has 0 radical (unpaired) electrons. The van der Waals surface area contributed by atoms with Crippen molar-refractivity contribution in [3.05, 3.63) is 34.2 Å². The molecule has 1 saturated carbocycles. The maximum absolute atomic E-state index is 13.5. The van der Waals surface area contributed by atoms with E-state index < -0.39 is 29.5 Å². The number of fused-ring (bicyclic) bond motifs is 2. The van der Waals surface area contributed by atoms with Crippen molar-refractivity contribution in [2.24, 2.45) is 5.92 Å². The van der Waals surface area contributed by atoms with Crippen molar-refractivity contribution in [1.29, 1.82) is 0 Å². The Balaban J connectivity index is 1.40. The molecule has 2 saturated heterocycles. The molecule has 0 bridgehead atoms. The maximum Gasteiger partial charge on any atom is 0.323 e. The number of aromatic nitrogens is 2. The summed E-state index contributed by atoms with van der Waals surface area (Å²) in [6.07, 6.45) is 3.15. The number of hydrogen-bond donors (Lipinski definition) is 3. The molecule has 4 atom stereocenters. The predicted molar refractivity (Wildman–Crippen MR) is 112 cm³/mol. The quantitative estimate of drug-likeness (QED) is 0.603. The number of rotatable bonds is 4. The lowest BCUT2D eigenvalue weighted by Gasteiger charge is -2.30. The summed E-state index contributed by atoms with van der Waals surface area (Å²) in [5.74, 6) is -0.841. The summed E-state index contributed by atoms with van der Waals surface area (Å²) in [6, 6.07) is 3.40. The first kappa shape index (κ1) is 20.3. The lowest BCUT2D eigenvalue weighted by Crippen LogP contribution is -2.54. The Morgan fingerprint density at radius 1 is 1.16 bits per heavy atom. The van der Waals surface area contributed by atoms with Gasteiger partial charge in [-0.2, -0.15) is 0 Å². The molecule has 3 fully saturated rings. The number of benzene rings is 1. The fraction of sp³-hybridized carbons (Fsp3) is 0.524. The number of halogens is 1. The molecule has 5 rings (SSSR count). The highest BCUT2D eigenvalue weighted by Crippen LogP contribution is 2.34. The van der Waals surface area contributed by atoms with Crippen molar-refractivity contribution in [2.75, 3.05) is 13.2 Å². The fourth-order valence-corrected chi connectivity index (χ4v) is 5.43. The third kappa shape index (κ3) is 3.55. The molecule has 10 heteroatoms. The minimum atomic E-state index is -0.744. The molecule has 3 aliphatic rings. The van der Waals surface area contributed by atoms with Gasteiger partial charge in [-0.25, -0.2) is 4.79 Å². The number of H-pyrrole nitrogens is 2. The molecule has 1 aliphatic carbocycles. The highest BCUT2D eigenvalue weighted by molar-refractivity contribution is 6.22. The van der Waals surface area contributed by atoms with Gasteiger partial charge in [-0.3, -0.25) is 14.4 Å². The normalized spacial score (nSPS) is 27.1. The second kappa shape index (κ2) is 7.80. The lowest BCUT2D eigenvalue weighted by atomic mass is 9.95. The minimum Gasteiger partial charge on any atom is -0.366 e. The van der Waals surface area contributed by atoms with E-state index in [0.717, 1.165) is 25.7 Å². The number of ketones is 1. The second-order valence-electron chi connectivity index (χ2n) is 8.53. The van der Waals surface area contributed by atoms with E-state index in [4.69, 9.17) is 16.3 Å². The number of alkyl halides is 1. The van der Waals surface area contributed by atoms with Crippen LogP contribution in [0.2, 0.25) is 0 Å². The van der Waals surface area contributed by atoms with Crippen molar-refractivity contribution < 1.29 is 19.1 Å². The number of nitrogens with one attached hydrogen (secondary N) is 3. The Morgan fingerprint density at radius 2 is 1.90 bits per heavy atom. The third-order valence-electron chi connectivity index (χ3n) is 6.61. The van der Waals surface area contributed by atoms with Crippen LogP contribution >= 0.6 is 11.6 Å². The number of aromatic amines is 2.